The average Bonchev–Trinajstić information content (AvgIpc) is 3.47. The zero-order valence-corrected chi connectivity index (χ0v) is 42.9. The van der Waals surface area contributed by atoms with Crippen molar-refractivity contribution in [3.05, 3.63) is 185 Å². The molecule has 1 N–H and O–H groups in total. The predicted octanol–water partition coefficient (Wildman–Crippen LogP) is 8.80. The van der Waals surface area contributed by atoms with Crippen LogP contribution in [0.1, 0.15) is 42.5 Å². The molecule has 1 aliphatic carbocycles. The number of fused-ring (bicyclic) bond motifs is 1. The molecule has 77 heavy (non-hydrogen) atoms. The summed E-state index contributed by atoms with van der Waals surface area (Å²) in [7, 11) is 2.76. The first-order valence-corrected chi connectivity index (χ1v) is 25.0. The molecule has 4 fully saturated rings. The van der Waals surface area contributed by atoms with E-state index < -0.39 is 103 Å². The summed E-state index contributed by atoms with van der Waals surface area (Å²) in [5, 5.41) is 28.6. The Morgan fingerprint density at radius 2 is 0.974 bits per heavy atom. The summed E-state index contributed by atoms with van der Waals surface area (Å²) >= 11 is 0. The summed E-state index contributed by atoms with van der Waals surface area (Å²) in [4.78, 5) is 12.1. The summed E-state index contributed by atoms with van der Waals surface area (Å²) in [5.74, 6) is -3.17. The first kappa shape index (κ1) is 56.8. The third-order valence-corrected chi connectivity index (χ3v) is 14.2. The Balaban J connectivity index is 1.17. The molecule has 3 heterocycles. The minimum absolute atomic E-state index is 0.0288. The van der Waals surface area contributed by atoms with Crippen LogP contribution in [0.15, 0.2) is 142 Å². The van der Waals surface area contributed by atoms with Crippen LogP contribution in [-0.4, -0.2) is 136 Å². The Morgan fingerprint density at radius 1 is 0.532 bits per heavy atom. The van der Waals surface area contributed by atoms with Crippen molar-refractivity contribution in [1.29, 1.82) is 0 Å². The van der Waals surface area contributed by atoms with Gasteiger partial charge in [0.2, 0.25) is 11.6 Å². The third-order valence-electron chi connectivity index (χ3n) is 14.2. The topological polar surface area (TPSA) is 326 Å². The second kappa shape index (κ2) is 27.3. The van der Waals surface area contributed by atoms with Crippen LogP contribution in [0.3, 0.4) is 0 Å². The van der Waals surface area contributed by atoms with Crippen LogP contribution in [0.25, 0.3) is 41.8 Å². The highest BCUT2D eigenvalue weighted by Crippen LogP contribution is 2.46. The molecule has 3 saturated heterocycles. The molecule has 3 aliphatic heterocycles. The molecule has 17 atom stereocenters. The fourth-order valence-electron chi connectivity index (χ4n) is 9.95. The fourth-order valence-corrected chi connectivity index (χ4v) is 9.95. The molecule has 408 valence electrons. The Morgan fingerprint density at radius 3 is 1.45 bits per heavy atom. The van der Waals surface area contributed by atoms with Crippen molar-refractivity contribution in [2.45, 2.75) is 150 Å². The van der Waals surface area contributed by atoms with Crippen molar-refractivity contribution in [3.63, 3.8) is 0 Å². The largest absolute Gasteiger partial charge is 0.388 e. The third kappa shape index (κ3) is 13.7. The van der Waals surface area contributed by atoms with Crippen molar-refractivity contribution < 1.29 is 61.9 Å². The van der Waals surface area contributed by atoms with Crippen molar-refractivity contribution >= 4 is 0 Å². The van der Waals surface area contributed by atoms with E-state index in [4.69, 9.17) is 56.8 Å². The molecule has 0 spiro atoms. The molecule has 4 aliphatic rings. The molecule has 0 unspecified atom stereocenters. The smallest absolute Gasteiger partial charge is 0.220 e. The van der Waals surface area contributed by atoms with Gasteiger partial charge in [0.05, 0.1) is 70.0 Å². The molecule has 0 radical (unpaired) electrons. The Hall–Kier alpha value is -6.40. The van der Waals surface area contributed by atoms with E-state index in [9.17, 15) is 27.2 Å². The summed E-state index contributed by atoms with van der Waals surface area (Å²) < 4.78 is 78.3. The first-order chi connectivity index (χ1) is 37.5. The van der Waals surface area contributed by atoms with Gasteiger partial charge in [-0.3, -0.25) is 0 Å². The maximum atomic E-state index is 12.8. The van der Waals surface area contributed by atoms with Gasteiger partial charge in [0.25, 0.3) is 0 Å². The molecule has 1 saturated carbocycles. The normalized spacial score (nSPS) is 33.7. The fraction of sp³-hybridized carbons (Fsp3) is 0.538. The molecular formula is C52H62N12O13. The van der Waals surface area contributed by atoms with E-state index in [0.717, 1.165) is 22.3 Å². The highest BCUT2D eigenvalue weighted by Gasteiger charge is 2.63. The average molecular weight is 1060 g/mol. The number of methoxy groups -OCH3 is 2. The molecule has 0 amide bonds. The molecule has 8 rings (SSSR count). The number of azide groups is 4. The minimum atomic E-state index is -1.81. The Bertz CT molecular complexity index is 2690. The maximum Gasteiger partial charge on any atom is 0.220 e. The van der Waals surface area contributed by atoms with Gasteiger partial charge in [-0.25, -0.2) is 0 Å². The molecule has 4 aromatic rings. The Kier molecular flexibility index (Phi) is 20.1. The molecule has 25 heteroatoms. The monoisotopic (exact) mass is 1060 g/mol. The number of rotatable bonds is 24. The molecule has 25 nitrogen and oxygen atoms in total. The quantitative estimate of drug-likeness (QED) is 0.0390. The van der Waals surface area contributed by atoms with Crippen LogP contribution in [-0.2, 0) is 83.3 Å². The standard InChI is InChI=1S/C52H62N12O13/c1-51(66-3)52(2,67-4)77-46-40(60-64-56)49(72-38(26-57-61-53)45(46)76-51)74-42-36(58-62-54)25-37(59-63-55)43(41(42)65)75-50-48(71-30-35-23-15-8-16-24-35)47(70-29-34-21-13-7-14-22-34)44(69-28-33-19-11-6-12-20-33)39(73-50)31-68-27-32-17-9-5-10-18-32/h5-24,36-50,65H,25-31H2,1-4H3/t36-,37+,38+,39+,40+,41-,42+,43-,44+,45+,46+,47-,48+,49+,50+,51-,52-/m0/s1. The zero-order valence-electron chi connectivity index (χ0n) is 42.9. The van der Waals surface area contributed by atoms with Crippen molar-refractivity contribution in [3.8, 4) is 0 Å². The summed E-state index contributed by atoms with van der Waals surface area (Å²) in [6.45, 7) is 3.33. The summed E-state index contributed by atoms with van der Waals surface area (Å²) in [6.07, 6.45) is -15.4. The van der Waals surface area contributed by atoms with Crippen LogP contribution >= 0.6 is 0 Å². The second-order valence-corrected chi connectivity index (χ2v) is 18.9. The lowest BCUT2D eigenvalue weighted by Crippen LogP contribution is -2.73. The first-order valence-electron chi connectivity index (χ1n) is 25.0. The second-order valence-electron chi connectivity index (χ2n) is 18.9. The van der Waals surface area contributed by atoms with Crippen LogP contribution in [0.5, 0.6) is 0 Å². The van der Waals surface area contributed by atoms with E-state index in [1.165, 1.54) is 14.2 Å². The molecule has 0 aromatic heterocycles. The molecule has 4 aromatic carbocycles. The predicted molar refractivity (Wildman–Crippen MR) is 272 cm³/mol. The van der Waals surface area contributed by atoms with Crippen LogP contribution in [0.2, 0.25) is 0 Å². The lowest BCUT2D eigenvalue weighted by molar-refractivity contribution is -0.471. The Labute approximate surface area is 443 Å². The van der Waals surface area contributed by atoms with E-state index in [-0.39, 0.29) is 46.0 Å². The van der Waals surface area contributed by atoms with E-state index in [0.29, 0.717) is 0 Å². The van der Waals surface area contributed by atoms with Crippen LogP contribution in [0, 0.1) is 0 Å². The van der Waals surface area contributed by atoms with E-state index in [1.54, 1.807) is 13.8 Å². The van der Waals surface area contributed by atoms with Gasteiger partial charge < -0.3 is 61.9 Å². The van der Waals surface area contributed by atoms with E-state index in [2.05, 4.69) is 40.1 Å². The number of hydrogen-bond acceptors (Lipinski definition) is 17. The van der Waals surface area contributed by atoms with Crippen LogP contribution in [0.4, 0.5) is 0 Å². The zero-order chi connectivity index (χ0) is 54.2. The number of benzene rings is 4. The minimum Gasteiger partial charge on any atom is -0.388 e. The van der Waals surface area contributed by atoms with Gasteiger partial charge in [0, 0.05) is 33.9 Å². The van der Waals surface area contributed by atoms with Gasteiger partial charge in [0.1, 0.15) is 48.8 Å². The van der Waals surface area contributed by atoms with Gasteiger partial charge in [-0.15, -0.1) is 0 Å². The number of nitrogens with zero attached hydrogens (tertiary/aromatic N) is 12. The van der Waals surface area contributed by atoms with Crippen molar-refractivity contribution in [2.24, 2.45) is 20.5 Å². The number of aliphatic hydroxyl groups is 1. The van der Waals surface area contributed by atoms with Gasteiger partial charge in [-0.2, -0.15) is 0 Å². The highest BCUT2D eigenvalue weighted by atomic mass is 16.8. The lowest BCUT2D eigenvalue weighted by Gasteiger charge is -2.57. The van der Waals surface area contributed by atoms with Crippen LogP contribution < -0.4 is 0 Å². The maximum absolute atomic E-state index is 12.8. The number of ether oxygens (including phenoxy) is 12. The van der Waals surface area contributed by atoms with Gasteiger partial charge in [-0.05, 0) is 64.6 Å². The van der Waals surface area contributed by atoms with Crippen molar-refractivity contribution in [2.75, 3.05) is 27.4 Å². The van der Waals surface area contributed by atoms with Crippen molar-refractivity contribution in [1.82, 2.24) is 0 Å². The summed E-state index contributed by atoms with van der Waals surface area (Å²) in [6, 6.07) is 34.4. The van der Waals surface area contributed by atoms with Gasteiger partial charge in [-0.1, -0.05) is 142 Å². The molecule has 0 bridgehead atoms. The van der Waals surface area contributed by atoms with Gasteiger partial charge >= 0.3 is 0 Å². The lowest BCUT2D eigenvalue weighted by atomic mass is 9.84. The van der Waals surface area contributed by atoms with Gasteiger partial charge in [0.15, 0.2) is 12.6 Å². The van der Waals surface area contributed by atoms with E-state index in [1.807, 2.05) is 121 Å². The number of hydrogen-bond donors (Lipinski definition) is 1. The highest BCUT2D eigenvalue weighted by molar-refractivity contribution is 5.17. The SMILES string of the molecule is CO[C@@]1(C)O[C@@H]2[C@@H](N=[N+]=[N-])[C@@H](O[C@H]3[C@H](O)[C@@H](O[C@H]4O[C@H](COCc5ccccc5)[C@@H](OCc5ccccc5)[C@H](OCc5ccccc5)[C@H]4OCc4ccccc4)[C@H](N=[N+]=[N-])C[C@@H]3N=[N+]=[N-])O[C@H](CN=[N+]=[N-])[C@H]2O[C@]1(C)OC. The van der Waals surface area contributed by atoms with E-state index >= 15 is 0 Å². The summed E-state index contributed by atoms with van der Waals surface area (Å²) in [5.41, 5.74) is 42.8. The number of aliphatic hydroxyl groups excluding tert-OH is 1. The molecular weight excluding hydrogens is 1000 g/mol.